The monoisotopic (exact) mass is 382 g/mol. The summed E-state index contributed by atoms with van der Waals surface area (Å²) in [5.74, 6) is 0.313. The van der Waals surface area contributed by atoms with E-state index >= 15 is 0 Å². The van der Waals surface area contributed by atoms with Crippen molar-refractivity contribution >= 4 is 16.9 Å². The number of carbonyl (C=O) groups is 1. The van der Waals surface area contributed by atoms with Gasteiger partial charge in [-0.2, -0.15) is 0 Å². The van der Waals surface area contributed by atoms with E-state index in [9.17, 15) is 9.59 Å². The average molecular weight is 382 g/mol. The quantitative estimate of drug-likeness (QED) is 0.620. The molecule has 1 heterocycles. The van der Waals surface area contributed by atoms with Crippen molar-refractivity contribution in [2.75, 3.05) is 14.2 Å². The second kappa shape index (κ2) is 7.76. The van der Waals surface area contributed by atoms with Crippen molar-refractivity contribution in [3.05, 3.63) is 57.7 Å². The molecule has 3 aromatic rings. The van der Waals surface area contributed by atoms with Crippen LogP contribution in [0.25, 0.3) is 22.3 Å². The Hall–Kier alpha value is -3.28. The van der Waals surface area contributed by atoms with Crippen LogP contribution in [-0.2, 0) is 9.53 Å². The van der Waals surface area contributed by atoms with E-state index in [0.717, 1.165) is 11.1 Å². The molecule has 0 spiro atoms. The molecule has 1 atom stereocenters. The Balaban J connectivity index is 2.27. The van der Waals surface area contributed by atoms with Crippen LogP contribution in [0.4, 0.5) is 0 Å². The van der Waals surface area contributed by atoms with Crippen LogP contribution in [0.5, 0.6) is 11.5 Å². The Bertz CT molecular complexity index is 1080. The van der Waals surface area contributed by atoms with E-state index in [1.54, 1.807) is 37.4 Å². The maximum Gasteiger partial charge on any atom is 0.346 e. The van der Waals surface area contributed by atoms with Gasteiger partial charge in [-0.15, -0.1) is 0 Å². The highest BCUT2D eigenvalue weighted by Gasteiger charge is 2.24. The highest BCUT2D eigenvalue weighted by Crippen LogP contribution is 2.33. The fourth-order valence-corrected chi connectivity index (χ4v) is 3.06. The molecule has 2 aromatic carbocycles. The van der Waals surface area contributed by atoms with Gasteiger partial charge in [0.1, 0.15) is 11.3 Å². The van der Waals surface area contributed by atoms with Crippen LogP contribution in [0.3, 0.4) is 0 Å². The standard InChI is InChI=1S/C22H22O6/c1-12-10-13(2)19-17(11-12)18(23)21(27-14(3)22(24)26-5)20(28-19)15-6-8-16(25-4)9-7-15/h6-11,14H,1-5H3/t14-/m0/s1. The van der Waals surface area contributed by atoms with E-state index in [1.807, 2.05) is 19.9 Å². The Labute approximate surface area is 162 Å². The van der Waals surface area contributed by atoms with E-state index in [0.29, 0.717) is 22.3 Å². The smallest absolute Gasteiger partial charge is 0.346 e. The number of benzene rings is 2. The van der Waals surface area contributed by atoms with Gasteiger partial charge < -0.3 is 18.6 Å². The first-order valence-electron chi connectivity index (χ1n) is 8.82. The van der Waals surface area contributed by atoms with Gasteiger partial charge in [0, 0.05) is 5.56 Å². The summed E-state index contributed by atoms with van der Waals surface area (Å²) < 4.78 is 21.7. The lowest BCUT2D eigenvalue weighted by Gasteiger charge is -2.16. The molecule has 146 valence electrons. The molecule has 0 amide bonds. The van der Waals surface area contributed by atoms with Crippen LogP contribution in [-0.4, -0.2) is 26.3 Å². The first kappa shape index (κ1) is 19.5. The summed E-state index contributed by atoms with van der Waals surface area (Å²) in [6.07, 6.45) is -0.965. The summed E-state index contributed by atoms with van der Waals surface area (Å²) >= 11 is 0. The van der Waals surface area contributed by atoms with Gasteiger partial charge in [-0.25, -0.2) is 4.79 Å². The summed E-state index contributed by atoms with van der Waals surface area (Å²) in [6, 6.07) is 10.7. The number of fused-ring (bicyclic) bond motifs is 1. The second-order valence-electron chi connectivity index (χ2n) is 6.56. The molecular weight excluding hydrogens is 360 g/mol. The molecule has 3 rings (SSSR count). The topological polar surface area (TPSA) is 75.0 Å². The molecule has 0 bridgehead atoms. The minimum Gasteiger partial charge on any atom is -0.497 e. The Morgan fingerprint density at radius 3 is 2.36 bits per heavy atom. The van der Waals surface area contributed by atoms with Gasteiger partial charge in [0.15, 0.2) is 11.9 Å². The van der Waals surface area contributed by atoms with E-state index in [2.05, 4.69) is 0 Å². The number of aryl methyl sites for hydroxylation is 2. The minimum atomic E-state index is -0.965. The second-order valence-corrected chi connectivity index (χ2v) is 6.56. The summed E-state index contributed by atoms with van der Waals surface area (Å²) in [4.78, 5) is 25.1. The summed E-state index contributed by atoms with van der Waals surface area (Å²) in [5.41, 5.74) is 2.55. The Kier molecular flexibility index (Phi) is 5.40. The molecule has 0 aliphatic carbocycles. The largest absolute Gasteiger partial charge is 0.497 e. The Morgan fingerprint density at radius 2 is 1.75 bits per heavy atom. The first-order chi connectivity index (χ1) is 13.3. The molecule has 1 aromatic heterocycles. The molecule has 0 fully saturated rings. The third-order valence-corrected chi connectivity index (χ3v) is 4.46. The van der Waals surface area contributed by atoms with Crippen molar-refractivity contribution in [3.8, 4) is 22.8 Å². The lowest BCUT2D eigenvalue weighted by atomic mass is 10.1. The SMILES string of the molecule is COC(=O)[C@H](C)Oc1c(-c2ccc(OC)cc2)oc2c(C)cc(C)cc2c1=O. The molecule has 6 heteroatoms. The van der Waals surface area contributed by atoms with Crippen LogP contribution >= 0.6 is 0 Å². The van der Waals surface area contributed by atoms with Crippen LogP contribution in [0.2, 0.25) is 0 Å². The van der Waals surface area contributed by atoms with Crippen molar-refractivity contribution < 1.29 is 23.4 Å². The van der Waals surface area contributed by atoms with Crippen LogP contribution in [0, 0.1) is 13.8 Å². The molecule has 28 heavy (non-hydrogen) atoms. The number of ether oxygens (including phenoxy) is 3. The van der Waals surface area contributed by atoms with Gasteiger partial charge in [-0.05, 0) is 62.2 Å². The van der Waals surface area contributed by atoms with Gasteiger partial charge in [0.2, 0.25) is 11.2 Å². The van der Waals surface area contributed by atoms with Crippen LogP contribution in [0.15, 0.2) is 45.6 Å². The highest BCUT2D eigenvalue weighted by molar-refractivity contribution is 5.85. The zero-order valence-corrected chi connectivity index (χ0v) is 16.5. The van der Waals surface area contributed by atoms with Gasteiger partial charge in [0.25, 0.3) is 0 Å². The van der Waals surface area contributed by atoms with E-state index < -0.39 is 12.1 Å². The number of esters is 1. The molecule has 0 saturated carbocycles. The van der Waals surface area contributed by atoms with Gasteiger partial charge in [-0.1, -0.05) is 6.07 Å². The minimum absolute atomic E-state index is 0.0273. The van der Waals surface area contributed by atoms with Crippen LogP contribution in [0.1, 0.15) is 18.1 Å². The van der Waals surface area contributed by atoms with Crippen molar-refractivity contribution in [1.29, 1.82) is 0 Å². The zero-order chi connectivity index (χ0) is 20.4. The zero-order valence-electron chi connectivity index (χ0n) is 16.5. The normalized spacial score (nSPS) is 11.9. The summed E-state index contributed by atoms with van der Waals surface area (Å²) in [6.45, 7) is 5.31. The third-order valence-electron chi connectivity index (χ3n) is 4.46. The maximum atomic E-state index is 13.2. The van der Waals surface area contributed by atoms with E-state index in [4.69, 9.17) is 18.6 Å². The number of hydrogen-bond donors (Lipinski definition) is 0. The molecule has 0 aliphatic heterocycles. The fraction of sp³-hybridized carbons (Fsp3) is 0.273. The number of methoxy groups -OCH3 is 2. The van der Waals surface area contributed by atoms with Crippen molar-refractivity contribution in [3.63, 3.8) is 0 Å². The van der Waals surface area contributed by atoms with E-state index in [1.165, 1.54) is 14.0 Å². The number of rotatable bonds is 5. The van der Waals surface area contributed by atoms with E-state index in [-0.39, 0.29) is 16.9 Å². The average Bonchev–Trinajstić information content (AvgIpc) is 2.69. The Morgan fingerprint density at radius 1 is 1.07 bits per heavy atom. The molecule has 0 radical (unpaired) electrons. The van der Waals surface area contributed by atoms with Crippen molar-refractivity contribution in [2.45, 2.75) is 26.9 Å². The summed E-state index contributed by atoms with van der Waals surface area (Å²) in [7, 11) is 2.84. The number of hydrogen-bond acceptors (Lipinski definition) is 6. The van der Waals surface area contributed by atoms with Crippen LogP contribution < -0.4 is 14.9 Å². The van der Waals surface area contributed by atoms with Gasteiger partial charge >= 0.3 is 5.97 Å². The molecule has 0 N–H and O–H groups in total. The first-order valence-corrected chi connectivity index (χ1v) is 8.82. The van der Waals surface area contributed by atoms with Gasteiger partial charge in [0.05, 0.1) is 19.6 Å². The van der Waals surface area contributed by atoms with Gasteiger partial charge in [-0.3, -0.25) is 4.79 Å². The molecular formula is C22H22O6. The summed E-state index contributed by atoms with van der Waals surface area (Å²) in [5, 5.41) is 0.404. The molecule has 0 aliphatic rings. The lowest BCUT2D eigenvalue weighted by molar-refractivity contribution is -0.147. The maximum absolute atomic E-state index is 13.2. The molecule has 0 saturated heterocycles. The molecule has 0 unspecified atom stereocenters. The van der Waals surface area contributed by atoms with Crippen molar-refractivity contribution in [1.82, 2.24) is 0 Å². The fourth-order valence-electron chi connectivity index (χ4n) is 3.06. The molecule has 6 nitrogen and oxygen atoms in total. The highest BCUT2D eigenvalue weighted by atomic mass is 16.6. The predicted octanol–water partition coefficient (Wildman–Crippen LogP) is 4.03. The third kappa shape index (κ3) is 3.58. The number of carbonyl (C=O) groups excluding carboxylic acids is 1. The van der Waals surface area contributed by atoms with Crippen molar-refractivity contribution in [2.24, 2.45) is 0 Å². The lowest BCUT2D eigenvalue weighted by Crippen LogP contribution is -2.27. The predicted molar refractivity (Wildman–Crippen MR) is 106 cm³/mol.